The quantitative estimate of drug-likeness (QED) is 0.494. The fourth-order valence-corrected chi connectivity index (χ4v) is 3.20. The van der Waals surface area contributed by atoms with Crippen molar-refractivity contribution < 1.29 is 24.2 Å². The average Bonchev–Trinajstić information content (AvgIpc) is 2.35. The van der Waals surface area contributed by atoms with E-state index < -0.39 is 44.9 Å². The van der Waals surface area contributed by atoms with E-state index >= 15 is 0 Å². The van der Waals surface area contributed by atoms with Gasteiger partial charge in [0.15, 0.2) is 0 Å². The third-order valence-electron chi connectivity index (χ3n) is 2.30. The second-order valence-electron chi connectivity index (χ2n) is 5.58. The number of carboxylic acid groups (broad SMARTS) is 1. The summed E-state index contributed by atoms with van der Waals surface area (Å²) in [7, 11) is 0. The molecule has 0 radical (unpaired) electrons. The number of carbonyl (C=O) groups excluding carboxylic acids is 2. The van der Waals surface area contributed by atoms with Crippen LogP contribution in [-0.4, -0.2) is 66.7 Å². The zero-order valence-electron chi connectivity index (χ0n) is 13.5. The number of rotatable bonds is 9. The van der Waals surface area contributed by atoms with Gasteiger partial charge in [-0.25, -0.2) is 0 Å². The third-order valence-corrected chi connectivity index (χ3v) is 4.95. The van der Waals surface area contributed by atoms with Crippen LogP contribution in [0, 0.1) is 0 Å². The van der Waals surface area contributed by atoms with Crippen LogP contribution in [0.3, 0.4) is 0 Å². The first-order chi connectivity index (χ1) is 10.1. The molecule has 0 aliphatic heterocycles. The number of thioether (sulfide) groups is 1. The monoisotopic (exact) mass is 400 g/mol. The van der Waals surface area contributed by atoms with Crippen molar-refractivity contribution in [1.82, 2.24) is 9.65 Å². The van der Waals surface area contributed by atoms with Gasteiger partial charge in [-0.1, -0.05) is 0 Å². The Kier molecular flexibility index (Phi) is 9.75. The number of ether oxygens (including phenoxy) is 1. The van der Waals surface area contributed by atoms with E-state index in [2.05, 4.69) is 9.65 Å². The molecule has 0 aromatic rings. The molecule has 0 fully saturated rings. The van der Waals surface area contributed by atoms with Gasteiger partial charge in [0.1, 0.15) is 0 Å². The van der Waals surface area contributed by atoms with Crippen LogP contribution in [0.1, 0.15) is 34.1 Å². The molecule has 0 rings (SSSR count). The van der Waals surface area contributed by atoms with Crippen molar-refractivity contribution in [2.24, 2.45) is 0 Å². The van der Waals surface area contributed by atoms with Gasteiger partial charge in [-0.2, -0.15) is 0 Å². The fourth-order valence-electron chi connectivity index (χ4n) is 1.23. The second-order valence-corrected chi connectivity index (χ2v) is 8.33. The molecule has 0 heterocycles. The maximum absolute atomic E-state index is 11.9. The molecule has 1 amide bonds. The molecule has 0 spiro atoms. The van der Waals surface area contributed by atoms with Gasteiger partial charge in [0.25, 0.3) is 0 Å². The van der Waals surface area contributed by atoms with Crippen molar-refractivity contribution in [3.63, 3.8) is 0 Å². The topological polar surface area (TPSA) is 105 Å². The Hall–Kier alpha value is -0.761. The van der Waals surface area contributed by atoms with E-state index in [1.54, 1.807) is 39.5 Å². The first kappa shape index (κ1) is 21.2. The first-order valence-electron chi connectivity index (χ1n) is 6.74. The van der Waals surface area contributed by atoms with E-state index in [4.69, 9.17) is 9.84 Å². The van der Waals surface area contributed by atoms with Crippen molar-refractivity contribution >= 4 is 43.7 Å². The van der Waals surface area contributed by atoms with Crippen LogP contribution in [-0.2, 0) is 14.3 Å². The van der Waals surface area contributed by atoms with E-state index in [0.29, 0.717) is 12.2 Å². The molecule has 0 aliphatic rings. The number of hydrogen-bond donors (Lipinski definition) is 3. The SMILES string of the molecule is CSCCC(N[Se]C(=O)C(C)NC(=O)OC(C)(C)C)C(=O)O. The van der Waals surface area contributed by atoms with E-state index in [-0.39, 0.29) is 4.68 Å². The molecule has 0 aromatic heterocycles. The maximum atomic E-state index is 11.9. The van der Waals surface area contributed by atoms with Crippen LogP contribution in [0.25, 0.3) is 0 Å². The minimum atomic E-state index is -0.975. The Morgan fingerprint density at radius 2 is 1.91 bits per heavy atom. The molecular weight excluding hydrogens is 375 g/mol. The van der Waals surface area contributed by atoms with Crippen molar-refractivity contribution in [1.29, 1.82) is 0 Å². The van der Waals surface area contributed by atoms with Crippen molar-refractivity contribution in [2.75, 3.05) is 12.0 Å². The predicted molar refractivity (Wildman–Crippen MR) is 87.2 cm³/mol. The number of carbonyl (C=O) groups is 3. The Labute approximate surface area is 141 Å². The summed E-state index contributed by atoms with van der Waals surface area (Å²) in [6.07, 6.45) is 1.67. The molecule has 2 atom stereocenters. The molecule has 22 heavy (non-hydrogen) atoms. The zero-order valence-corrected chi connectivity index (χ0v) is 16.0. The molecule has 7 nitrogen and oxygen atoms in total. The summed E-state index contributed by atoms with van der Waals surface area (Å²) in [6.45, 7) is 6.74. The summed E-state index contributed by atoms with van der Waals surface area (Å²) >= 11 is 0.820. The Morgan fingerprint density at radius 3 is 2.36 bits per heavy atom. The van der Waals surface area contributed by atoms with Gasteiger partial charge in [0.05, 0.1) is 0 Å². The van der Waals surface area contributed by atoms with Crippen molar-refractivity contribution in [3.05, 3.63) is 0 Å². The summed E-state index contributed by atoms with van der Waals surface area (Å²) < 4.78 is 7.59. The third kappa shape index (κ3) is 10.0. The number of carboxylic acids is 1. The molecule has 0 bridgehead atoms. The average molecular weight is 399 g/mol. The van der Waals surface area contributed by atoms with Gasteiger partial charge >= 0.3 is 141 Å². The molecule has 9 heteroatoms. The van der Waals surface area contributed by atoms with Crippen molar-refractivity contribution in [3.8, 4) is 0 Å². The minimum absolute atomic E-state index is 0.242. The van der Waals surface area contributed by atoms with Crippen LogP contribution in [0.2, 0.25) is 0 Å². The molecule has 0 saturated heterocycles. The summed E-state index contributed by atoms with van der Waals surface area (Å²) in [5.74, 6) is -0.281. The predicted octanol–water partition coefficient (Wildman–Crippen LogP) is 0.841. The Morgan fingerprint density at radius 1 is 1.32 bits per heavy atom. The summed E-state index contributed by atoms with van der Waals surface area (Å²) in [5, 5.41) is 11.5. The normalized spacial score (nSPS) is 14.0. The van der Waals surface area contributed by atoms with E-state index in [1.165, 1.54) is 0 Å². The zero-order chi connectivity index (χ0) is 17.3. The van der Waals surface area contributed by atoms with Crippen LogP contribution >= 0.6 is 11.8 Å². The number of nitrogens with one attached hydrogen (secondary N) is 2. The van der Waals surface area contributed by atoms with E-state index in [0.717, 1.165) is 0 Å². The Bertz CT molecular complexity index is 400. The Balaban J connectivity index is 4.29. The number of hydrogen-bond acceptors (Lipinski definition) is 6. The molecular formula is C13H24N2O5SSe. The summed E-state index contributed by atoms with van der Waals surface area (Å²) in [5.41, 5.74) is -0.636. The second kappa shape index (κ2) is 10.1. The number of amides is 1. The van der Waals surface area contributed by atoms with Gasteiger partial charge in [-0.05, 0) is 0 Å². The van der Waals surface area contributed by atoms with Gasteiger partial charge < -0.3 is 0 Å². The molecule has 2 unspecified atom stereocenters. The van der Waals surface area contributed by atoms with Gasteiger partial charge in [-0.15, -0.1) is 0 Å². The van der Waals surface area contributed by atoms with Crippen LogP contribution < -0.4 is 9.65 Å². The fraction of sp³-hybridized carbons (Fsp3) is 0.769. The molecule has 0 saturated carbocycles. The van der Waals surface area contributed by atoms with Crippen molar-refractivity contribution in [2.45, 2.75) is 51.8 Å². The first-order valence-corrected chi connectivity index (χ1v) is 9.85. The molecule has 3 N–H and O–H groups in total. The molecule has 0 aliphatic carbocycles. The van der Waals surface area contributed by atoms with Gasteiger partial charge in [-0.3, -0.25) is 0 Å². The van der Waals surface area contributed by atoms with Crippen LogP contribution in [0.4, 0.5) is 4.79 Å². The van der Waals surface area contributed by atoms with E-state index in [1.807, 2.05) is 6.26 Å². The summed E-state index contributed by atoms with van der Waals surface area (Å²) in [4.78, 5) is 34.6. The van der Waals surface area contributed by atoms with E-state index in [9.17, 15) is 14.4 Å². The number of aliphatic carboxylic acids is 1. The number of alkyl carbamates (subject to hydrolysis) is 1. The van der Waals surface area contributed by atoms with Crippen LogP contribution in [0.15, 0.2) is 0 Å². The molecule has 0 aromatic carbocycles. The van der Waals surface area contributed by atoms with Crippen LogP contribution in [0.5, 0.6) is 0 Å². The summed E-state index contributed by atoms with van der Waals surface area (Å²) in [6, 6.07) is -1.47. The molecule has 128 valence electrons. The van der Waals surface area contributed by atoms with Gasteiger partial charge in [0, 0.05) is 0 Å². The van der Waals surface area contributed by atoms with Gasteiger partial charge in [0.2, 0.25) is 0 Å². The standard InChI is InChI=1S/C13H24N2O5SSe/c1-8(14-12(19)20-13(2,3)4)11(18)22-15-9(10(16)17)6-7-21-5/h8-9,15H,6-7H2,1-5H3,(H,14,19)(H,16,17).